The van der Waals surface area contributed by atoms with Crippen molar-refractivity contribution in [3.05, 3.63) is 29.6 Å². The van der Waals surface area contributed by atoms with E-state index in [-0.39, 0.29) is 23.8 Å². The molecule has 108 valence electrons. The van der Waals surface area contributed by atoms with E-state index in [0.29, 0.717) is 26.0 Å². The maximum Gasteiger partial charge on any atom is 0.245 e. The minimum Gasteiger partial charge on any atom is -0.377 e. The molecule has 1 aliphatic rings. The van der Waals surface area contributed by atoms with Gasteiger partial charge in [-0.2, -0.15) is 0 Å². The summed E-state index contributed by atoms with van der Waals surface area (Å²) in [6.07, 6.45) is 0.600. The van der Waals surface area contributed by atoms with Crippen LogP contribution < -0.4 is 10.2 Å². The number of carbonyl (C=O) groups is 2. The van der Waals surface area contributed by atoms with E-state index in [1.54, 1.807) is 4.90 Å². The highest BCUT2D eigenvalue weighted by molar-refractivity contribution is 5.90. The van der Waals surface area contributed by atoms with Crippen LogP contribution in [0.4, 0.5) is 10.1 Å². The van der Waals surface area contributed by atoms with Crippen molar-refractivity contribution in [3.63, 3.8) is 0 Å². The topological polar surface area (TPSA) is 58.6 Å². The molecule has 1 fully saturated rings. The molecule has 1 amide bonds. The molecule has 2 rings (SSSR count). The SMILES string of the molecule is CCNC(=O)C1COCCN1c1c(F)cccc1C=O. The van der Waals surface area contributed by atoms with E-state index < -0.39 is 11.9 Å². The highest BCUT2D eigenvalue weighted by Gasteiger charge is 2.32. The fourth-order valence-electron chi connectivity index (χ4n) is 2.31. The van der Waals surface area contributed by atoms with Gasteiger partial charge in [0.15, 0.2) is 6.29 Å². The second kappa shape index (κ2) is 6.47. The highest BCUT2D eigenvalue weighted by atomic mass is 19.1. The van der Waals surface area contributed by atoms with Crippen LogP contribution in [0.25, 0.3) is 0 Å². The van der Waals surface area contributed by atoms with Crippen LogP contribution in [0.1, 0.15) is 17.3 Å². The van der Waals surface area contributed by atoms with Gasteiger partial charge in [0, 0.05) is 18.7 Å². The first kappa shape index (κ1) is 14.5. The zero-order valence-corrected chi connectivity index (χ0v) is 11.3. The molecule has 0 saturated carbocycles. The van der Waals surface area contributed by atoms with Gasteiger partial charge in [-0.15, -0.1) is 0 Å². The predicted molar refractivity (Wildman–Crippen MR) is 72.4 cm³/mol. The number of hydrogen-bond acceptors (Lipinski definition) is 4. The summed E-state index contributed by atoms with van der Waals surface area (Å²) in [4.78, 5) is 24.8. The average molecular weight is 280 g/mol. The largest absolute Gasteiger partial charge is 0.377 e. The number of amides is 1. The Hall–Kier alpha value is -1.95. The van der Waals surface area contributed by atoms with Crippen molar-refractivity contribution >= 4 is 17.9 Å². The molecule has 1 N–H and O–H groups in total. The summed E-state index contributed by atoms with van der Waals surface area (Å²) < 4.78 is 19.4. The van der Waals surface area contributed by atoms with Crippen LogP contribution >= 0.6 is 0 Å². The van der Waals surface area contributed by atoms with Crippen molar-refractivity contribution < 1.29 is 18.7 Å². The molecule has 5 nitrogen and oxygen atoms in total. The van der Waals surface area contributed by atoms with E-state index >= 15 is 0 Å². The lowest BCUT2D eigenvalue weighted by Crippen LogP contribution is -2.54. The smallest absolute Gasteiger partial charge is 0.245 e. The first-order chi connectivity index (χ1) is 9.69. The van der Waals surface area contributed by atoms with E-state index in [1.807, 2.05) is 6.92 Å². The molecule has 1 unspecified atom stereocenters. The summed E-state index contributed by atoms with van der Waals surface area (Å²) >= 11 is 0. The van der Waals surface area contributed by atoms with Crippen LogP contribution in [0, 0.1) is 5.82 Å². The molecule has 0 spiro atoms. The first-order valence-electron chi connectivity index (χ1n) is 6.54. The second-order valence-corrected chi connectivity index (χ2v) is 4.47. The molecule has 6 heteroatoms. The normalized spacial score (nSPS) is 18.7. The van der Waals surface area contributed by atoms with E-state index in [4.69, 9.17) is 4.74 Å². The lowest BCUT2D eigenvalue weighted by molar-refractivity contribution is -0.124. The zero-order chi connectivity index (χ0) is 14.5. The number of anilines is 1. The van der Waals surface area contributed by atoms with Gasteiger partial charge in [-0.3, -0.25) is 9.59 Å². The molecule has 0 aliphatic carbocycles. The van der Waals surface area contributed by atoms with Gasteiger partial charge < -0.3 is 15.0 Å². The molecule has 1 aliphatic heterocycles. The molecular weight excluding hydrogens is 263 g/mol. The van der Waals surface area contributed by atoms with Gasteiger partial charge in [-0.05, 0) is 19.1 Å². The van der Waals surface area contributed by atoms with Crippen molar-refractivity contribution in [1.82, 2.24) is 5.32 Å². The van der Waals surface area contributed by atoms with E-state index in [2.05, 4.69) is 5.32 Å². The Bertz CT molecular complexity index is 507. The van der Waals surface area contributed by atoms with Crippen molar-refractivity contribution in [3.8, 4) is 0 Å². The number of halogens is 1. The number of likely N-dealkylation sites (N-methyl/N-ethyl adjacent to an activating group) is 1. The summed E-state index contributed by atoms with van der Waals surface area (Å²) in [5.41, 5.74) is 0.406. The van der Waals surface area contributed by atoms with Crippen LogP contribution in [-0.2, 0) is 9.53 Å². The maximum absolute atomic E-state index is 14.1. The van der Waals surface area contributed by atoms with E-state index in [1.165, 1.54) is 18.2 Å². The second-order valence-electron chi connectivity index (χ2n) is 4.47. The molecule has 20 heavy (non-hydrogen) atoms. The molecule has 1 aromatic rings. The lowest BCUT2D eigenvalue weighted by Gasteiger charge is -2.37. The number of nitrogens with zero attached hydrogens (tertiary/aromatic N) is 1. The van der Waals surface area contributed by atoms with E-state index in [9.17, 15) is 14.0 Å². The summed E-state index contributed by atoms with van der Waals surface area (Å²) in [6.45, 7) is 3.23. The van der Waals surface area contributed by atoms with Crippen LogP contribution in [0.5, 0.6) is 0 Å². The third-order valence-electron chi connectivity index (χ3n) is 3.21. The van der Waals surface area contributed by atoms with Crippen molar-refractivity contribution in [2.45, 2.75) is 13.0 Å². The summed E-state index contributed by atoms with van der Waals surface area (Å²) in [5, 5.41) is 2.70. The fraction of sp³-hybridized carbons (Fsp3) is 0.429. The van der Waals surface area contributed by atoms with Gasteiger partial charge in [-0.1, -0.05) is 6.07 Å². The summed E-state index contributed by atoms with van der Waals surface area (Å²) in [6, 6.07) is 3.67. The molecule has 0 aromatic heterocycles. The lowest BCUT2D eigenvalue weighted by atomic mass is 10.1. The number of ether oxygens (including phenoxy) is 1. The van der Waals surface area contributed by atoms with E-state index in [0.717, 1.165) is 0 Å². The minimum atomic E-state index is -0.626. The van der Waals surface area contributed by atoms with Gasteiger partial charge in [0.25, 0.3) is 0 Å². The number of rotatable bonds is 4. The Morgan fingerprint density at radius 2 is 2.40 bits per heavy atom. The van der Waals surface area contributed by atoms with Gasteiger partial charge in [0.2, 0.25) is 5.91 Å². The first-order valence-corrected chi connectivity index (χ1v) is 6.54. The summed E-state index contributed by atoms with van der Waals surface area (Å²) in [7, 11) is 0. The van der Waals surface area contributed by atoms with Crippen molar-refractivity contribution in [2.75, 3.05) is 31.2 Å². The molecule has 1 atom stereocenters. The predicted octanol–water partition coefficient (Wildman–Crippen LogP) is 0.979. The van der Waals surface area contributed by atoms with Crippen molar-refractivity contribution in [1.29, 1.82) is 0 Å². The summed E-state index contributed by atoms with van der Waals surface area (Å²) in [5.74, 6) is -0.738. The van der Waals surface area contributed by atoms with Crippen molar-refractivity contribution in [2.24, 2.45) is 0 Å². The van der Waals surface area contributed by atoms with Crippen LogP contribution in [0.3, 0.4) is 0 Å². The molecule has 1 heterocycles. The third kappa shape index (κ3) is 2.80. The van der Waals surface area contributed by atoms with Crippen LogP contribution in [0.15, 0.2) is 18.2 Å². The number of para-hydroxylation sites is 1. The van der Waals surface area contributed by atoms with Crippen LogP contribution in [-0.4, -0.2) is 44.5 Å². The monoisotopic (exact) mass is 280 g/mol. The average Bonchev–Trinajstić information content (AvgIpc) is 2.47. The molecule has 1 saturated heterocycles. The number of hydrogen-bond donors (Lipinski definition) is 1. The van der Waals surface area contributed by atoms with Gasteiger partial charge >= 0.3 is 0 Å². The molecule has 0 radical (unpaired) electrons. The number of carbonyl (C=O) groups excluding carboxylic acids is 2. The minimum absolute atomic E-state index is 0.169. The Kier molecular flexibility index (Phi) is 4.68. The standard InChI is InChI=1S/C14H17FN2O3/c1-2-16-14(19)12-9-20-7-6-17(12)13-10(8-18)4-3-5-11(13)15/h3-5,8,12H,2,6-7,9H2,1H3,(H,16,19). The molecular formula is C14H17FN2O3. The van der Waals surface area contributed by atoms with Gasteiger partial charge in [-0.25, -0.2) is 4.39 Å². The Morgan fingerprint density at radius 3 is 3.10 bits per heavy atom. The highest BCUT2D eigenvalue weighted by Crippen LogP contribution is 2.26. The molecule has 1 aromatic carbocycles. The van der Waals surface area contributed by atoms with Crippen LogP contribution in [0.2, 0.25) is 0 Å². The Morgan fingerprint density at radius 1 is 1.60 bits per heavy atom. The number of benzene rings is 1. The zero-order valence-electron chi connectivity index (χ0n) is 11.3. The molecule has 0 bridgehead atoms. The maximum atomic E-state index is 14.1. The quantitative estimate of drug-likeness (QED) is 0.835. The fourth-order valence-corrected chi connectivity index (χ4v) is 2.31. The third-order valence-corrected chi connectivity index (χ3v) is 3.21. The number of morpholine rings is 1. The Labute approximate surface area is 116 Å². The number of aldehydes is 1. The Balaban J connectivity index is 2.37. The van der Waals surface area contributed by atoms with Gasteiger partial charge in [0.1, 0.15) is 11.9 Å². The number of nitrogens with one attached hydrogen (secondary N) is 1. The van der Waals surface area contributed by atoms with Gasteiger partial charge in [0.05, 0.1) is 18.9 Å².